The molecule has 1 saturated carbocycles. The van der Waals surface area contributed by atoms with E-state index in [1.807, 2.05) is 0 Å². The maximum atomic E-state index is 13.2. The number of esters is 1. The smallest absolute Gasteiger partial charge is 0.310 e. The number of hydrogen-bond donors (Lipinski definition) is 0. The Labute approximate surface area is 113 Å². The Balaban J connectivity index is 1.80. The molecular weight excluding hydrogens is 252 g/mol. The molecule has 1 heterocycles. The minimum atomic E-state index is -2.47. The van der Waals surface area contributed by atoms with E-state index in [1.54, 1.807) is 6.92 Å². The molecule has 0 aromatic carbocycles. The van der Waals surface area contributed by atoms with E-state index in [0.29, 0.717) is 26.1 Å². The second-order valence-electron chi connectivity index (χ2n) is 5.82. The van der Waals surface area contributed by atoms with Crippen LogP contribution in [0.5, 0.6) is 0 Å². The highest BCUT2D eigenvalue weighted by Crippen LogP contribution is 2.39. The molecule has 2 atom stereocenters. The fourth-order valence-electron chi connectivity index (χ4n) is 3.24. The number of likely N-dealkylation sites (tertiary alicyclic amines) is 1. The van der Waals surface area contributed by atoms with E-state index < -0.39 is 5.92 Å². The summed E-state index contributed by atoms with van der Waals surface area (Å²) in [5, 5.41) is 0. The summed E-state index contributed by atoms with van der Waals surface area (Å²) in [5.74, 6) is -2.60. The molecule has 1 aliphatic heterocycles. The molecular formula is C14H23F2NO2. The number of carbonyl (C=O) groups is 1. The van der Waals surface area contributed by atoms with Gasteiger partial charge in [0.2, 0.25) is 5.92 Å². The third-order valence-corrected chi connectivity index (χ3v) is 4.15. The Hall–Kier alpha value is -0.710. The fraction of sp³-hybridized carbons (Fsp3) is 0.929. The molecule has 0 spiro atoms. The number of rotatable bonds is 4. The molecule has 0 amide bonds. The molecule has 0 aromatic rings. The summed E-state index contributed by atoms with van der Waals surface area (Å²) in [5.41, 5.74) is 0. The van der Waals surface area contributed by atoms with Crippen molar-refractivity contribution in [1.29, 1.82) is 0 Å². The lowest BCUT2D eigenvalue weighted by Gasteiger charge is -2.33. The van der Waals surface area contributed by atoms with Crippen molar-refractivity contribution in [3.8, 4) is 0 Å². The molecule has 19 heavy (non-hydrogen) atoms. The zero-order valence-corrected chi connectivity index (χ0v) is 11.5. The highest BCUT2D eigenvalue weighted by molar-refractivity contribution is 5.72. The van der Waals surface area contributed by atoms with Gasteiger partial charge in [-0.3, -0.25) is 4.79 Å². The van der Waals surface area contributed by atoms with E-state index in [-0.39, 0.29) is 30.6 Å². The van der Waals surface area contributed by atoms with Crippen LogP contribution >= 0.6 is 0 Å². The van der Waals surface area contributed by atoms with Crippen molar-refractivity contribution in [3.63, 3.8) is 0 Å². The largest absolute Gasteiger partial charge is 0.466 e. The van der Waals surface area contributed by atoms with Crippen LogP contribution in [0.3, 0.4) is 0 Å². The molecule has 1 unspecified atom stereocenters. The number of ether oxygens (including phenoxy) is 1. The Morgan fingerprint density at radius 3 is 2.84 bits per heavy atom. The zero-order chi connectivity index (χ0) is 13.9. The topological polar surface area (TPSA) is 29.5 Å². The van der Waals surface area contributed by atoms with E-state index in [2.05, 4.69) is 4.90 Å². The van der Waals surface area contributed by atoms with Gasteiger partial charge in [0.1, 0.15) is 0 Å². The van der Waals surface area contributed by atoms with E-state index in [4.69, 9.17) is 4.74 Å². The first kappa shape index (κ1) is 14.7. The minimum absolute atomic E-state index is 0.00751. The lowest BCUT2D eigenvalue weighted by Crippen LogP contribution is -2.41. The molecule has 110 valence electrons. The van der Waals surface area contributed by atoms with Crippen LogP contribution in [0.2, 0.25) is 0 Å². The van der Waals surface area contributed by atoms with Crippen LogP contribution in [0.15, 0.2) is 0 Å². The van der Waals surface area contributed by atoms with Crippen LogP contribution < -0.4 is 0 Å². The predicted molar refractivity (Wildman–Crippen MR) is 68.1 cm³/mol. The molecule has 0 bridgehead atoms. The first-order valence-electron chi connectivity index (χ1n) is 7.27. The highest BCUT2D eigenvalue weighted by Gasteiger charge is 2.40. The van der Waals surface area contributed by atoms with Crippen molar-refractivity contribution < 1.29 is 18.3 Å². The van der Waals surface area contributed by atoms with Gasteiger partial charge in [-0.05, 0) is 38.6 Å². The Kier molecular flexibility index (Phi) is 4.76. The Morgan fingerprint density at radius 1 is 1.42 bits per heavy atom. The monoisotopic (exact) mass is 275 g/mol. The maximum Gasteiger partial charge on any atom is 0.310 e. The molecule has 1 saturated heterocycles. The molecule has 2 rings (SSSR count). The van der Waals surface area contributed by atoms with Crippen molar-refractivity contribution >= 4 is 5.97 Å². The quantitative estimate of drug-likeness (QED) is 0.739. The average Bonchev–Trinajstić information content (AvgIpc) is 2.69. The van der Waals surface area contributed by atoms with E-state index in [9.17, 15) is 13.6 Å². The summed E-state index contributed by atoms with van der Waals surface area (Å²) >= 11 is 0. The van der Waals surface area contributed by atoms with Gasteiger partial charge in [-0.15, -0.1) is 0 Å². The van der Waals surface area contributed by atoms with Gasteiger partial charge >= 0.3 is 5.97 Å². The fourth-order valence-corrected chi connectivity index (χ4v) is 3.24. The van der Waals surface area contributed by atoms with Crippen LogP contribution in [0.1, 0.15) is 39.0 Å². The normalized spacial score (nSPS) is 31.3. The third-order valence-electron chi connectivity index (χ3n) is 4.15. The lowest BCUT2D eigenvalue weighted by atomic mass is 9.96. The van der Waals surface area contributed by atoms with Crippen molar-refractivity contribution in [1.82, 2.24) is 4.90 Å². The van der Waals surface area contributed by atoms with Gasteiger partial charge in [0.25, 0.3) is 0 Å². The maximum absolute atomic E-state index is 13.2. The molecule has 1 aliphatic carbocycles. The number of nitrogens with zero attached hydrogens (tertiary/aromatic N) is 1. The van der Waals surface area contributed by atoms with Crippen LogP contribution in [-0.4, -0.2) is 43.0 Å². The van der Waals surface area contributed by atoms with E-state index >= 15 is 0 Å². The minimum Gasteiger partial charge on any atom is -0.466 e. The van der Waals surface area contributed by atoms with Gasteiger partial charge in [0.05, 0.1) is 12.5 Å². The average molecular weight is 275 g/mol. The molecule has 2 fully saturated rings. The van der Waals surface area contributed by atoms with Crippen molar-refractivity contribution in [3.05, 3.63) is 0 Å². The van der Waals surface area contributed by atoms with Crippen molar-refractivity contribution in [2.24, 2.45) is 11.8 Å². The van der Waals surface area contributed by atoms with Gasteiger partial charge in [-0.2, -0.15) is 0 Å². The van der Waals surface area contributed by atoms with Crippen LogP contribution in [-0.2, 0) is 9.53 Å². The van der Waals surface area contributed by atoms with Crippen LogP contribution in [0, 0.1) is 11.8 Å². The standard InChI is InChI=1S/C14H23F2NO2/c1-2-19-13(18)12-4-3-7-17(10-12)9-11-5-6-14(15,16)8-11/h11-12H,2-10H2,1H3/t11?,12-/m1/s1. The first-order chi connectivity index (χ1) is 9.00. The number of piperidine rings is 1. The van der Waals surface area contributed by atoms with Crippen LogP contribution in [0.4, 0.5) is 8.78 Å². The highest BCUT2D eigenvalue weighted by atomic mass is 19.3. The second-order valence-corrected chi connectivity index (χ2v) is 5.82. The molecule has 5 heteroatoms. The van der Waals surface area contributed by atoms with Crippen molar-refractivity contribution in [2.45, 2.75) is 45.0 Å². The summed E-state index contributed by atoms with van der Waals surface area (Å²) in [6.45, 7) is 4.49. The van der Waals surface area contributed by atoms with E-state index in [1.165, 1.54) is 0 Å². The summed E-state index contributed by atoms with van der Waals surface area (Å²) in [7, 11) is 0. The molecule has 0 aromatic heterocycles. The number of alkyl halides is 2. The van der Waals surface area contributed by atoms with Gasteiger partial charge in [0.15, 0.2) is 0 Å². The number of halogens is 2. The van der Waals surface area contributed by atoms with Gasteiger partial charge in [-0.25, -0.2) is 8.78 Å². The number of carbonyl (C=O) groups excluding carboxylic acids is 1. The van der Waals surface area contributed by atoms with Gasteiger partial charge < -0.3 is 9.64 Å². The second kappa shape index (κ2) is 6.16. The molecule has 0 N–H and O–H groups in total. The first-order valence-corrected chi connectivity index (χ1v) is 7.27. The Bertz CT molecular complexity index is 323. The van der Waals surface area contributed by atoms with Gasteiger partial charge in [0, 0.05) is 25.9 Å². The van der Waals surface area contributed by atoms with E-state index in [0.717, 1.165) is 19.4 Å². The Morgan fingerprint density at radius 2 is 2.21 bits per heavy atom. The van der Waals surface area contributed by atoms with Gasteiger partial charge in [-0.1, -0.05) is 0 Å². The lowest BCUT2D eigenvalue weighted by molar-refractivity contribution is -0.150. The molecule has 2 aliphatic rings. The molecule has 3 nitrogen and oxygen atoms in total. The summed E-state index contributed by atoms with van der Waals surface area (Å²) < 4.78 is 31.4. The third kappa shape index (κ3) is 4.13. The molecule has 0 radical (unpaired) electrons. The summed E-state index contributed by atoms with van der Waals surface area (Å²) in [6, 6.07) is 0. The number of hydrogen-bond acceptors (Lipinski definition) is 3. The zero-order valence-electron chi connectivity index (χ0n) is 11.5. The summed E-state index contributed by atoms with van der Waals surface area (Å²) in [6.07, 6.45) is 2.44. The van der Waals surface area contributed by atoms with Crippen LogP contribution in [0.25, 0.3) is 0 Å². The summed E-state index contributed by atoms with van der Waals surface area (Å²) in [4.78, 5) is 13.9. The SMILES string of the molecule is CCOC(=O)[C@@H]1CCCN(CC2CCC(F)(F)C2)C1. The predicted octanol–water partition coefficient (Wildman–Crippen LogP) is 2.70. The van der Waals surface area contributed by atoms with Crippen molar-refractivity contribution in [2.75, 3.05) is 26.2 Å².